The van der Waals surface area contributed by atoms with E-state index in [1.54, 1.807) is 12.4 Å². The minimum atomic E-state index is 0.550. The fraction of sp³-hybridized carbons (Fsp3) is 0.0385. The van der Waals surface area contributed by atoms with Gasteiger partial charge < -0.3 is 10.6 Å². The van der Waals surface area contributed by atoms with Crippen molar-refractivity contribution in [2.45, 2.75) is 6.54 Å². The topological polar surface area (TPSA) is 75.6 Å². The van der Waals surface area contributed by atoms with E-state index in [4.69, 9.17) is 22.2 Å². The number of fused-ring (bicyclic) bond motifs is 7. The summed E-state index contributed by atoms with van der Waals surface area (Å²) in [4.78, 5) is 19.1. The van der Waals surface area contributed by atoms with Crippen molar-refractivity contribution in [3.05, 3.63) is 90.8 Å². The third-order valence-corrected chi connectivity index (χ3v) is 5.82. The van der Waals surface area contributed by atoms with Gasteiger partial charge in [0.1, 0.15) is 11.0 Å². The molecule has 0 aliphatic rings. The van der Waals surface area contributed by atoms with Crippen molar-refractivity contribution in [2.75, 3.05) is 5.32 Å². The van der Waals surface area contributed by atoms with Gasteiger partial charge in [0.2, 0.25) is 0 Å². The summed E-state index contributed by atoms with van der Waals surface area (Å²) in [5.74, 6) is 0. The largest absolute Gasteiger partial charge is 0.358 e. The Balaban J connectivity index is 1.40. The van der Waals surface area contributed by atoms with Crippen molar-refractivity contribution in [2.24, 2.45) is 0 Å². The first-order chi connectivity index (χ1) is 16.3. The molecule has 0 spiro atoms. The number of nitrogens with one attached hydrogen (secondary N) is 2. The molecule has 0 atom stereocenters. The average Bonchev–Trinajstić information content (AvgIpc) is 2.87. The van der Waals surface area contributed by atoms with Gasteiger partial charge in [-0.25, -0.2) is 9.97 Å². The molecule has 0 aliphatic heterocycles. The van der Waals surface area contributed by atoms with Crippen LogP contribution < -0.4 is 10.6 Å². The minimum Gasteiger partial charge on any atom is -0.358 e. The number of pyridine rings is 2. The lowest BCUT2D eigenvalue weighted by Gasteiger charge is -2.12. The van der Waals surface area contributed by atoms with Crippen LogP contribution in [0.5, 0.6) is 0 Å². The zero-order valence-electron chi connectivity index (χ0n) is 17.5. The van der Waals surface area contributed by atoms with Gasteiger partial charge in [0.25, 0.3) is 0 Å². The highest BCUT2D eigenvalue weighted by atomic mass is 32.1. The number of hydrogen-bond acceptors (Lipinski definition) is 5. The summed E-state index contributed by atoms with van der Waals surface area (Å²) >= 11 is 5.47. The Morgan fingerprint density at radius 3 is 2.06 bits per heavy atom. The van der Waals surface area contributed by atoms with Gasteiger partial charge in [-0.1, -0.05) is 42.5 Å². The van der Waals surface area contributed by atoms with Crippen LogP contribution in [0.1, 0.15) is 5.56 Å². The molecule has 6 nitrogen and oxygen atoms in total. The van der Waals surface area contributed by atoms with Crippen molar-refractivity contribution in [3.63, 3.8) is 0 Å². The molecule has 158 valence electrons. The monoisotopic (exact) mass is 446 g/mol. The Morgan fingerprint density at radius 2 is 1.36 bits per heavy atom. The Labute approximate surface area is 194 Å². The van der Waals surface area contributed by atoms with Crippen molar-refractivity contribution in [1.82, 2.24) is 25.3 Å². The summed E-state index contributed by atoms with van der Waals surface area (Å²) in [6, 6.07) is 24.0. The summed E-state index contributed by atoms with van der Waals surface area (Å²) in [5.41, 5.74) is 6.71. The van der Waals surface area contributed by atoms with Gasteiger partial charge in [-0.3, -0.25) is 9.97 Å². The van der Waals surface area contributed by atoms with Crippen LogP contribution in [0.2, 0.25) is 0 Å². The fourth-order valence-corrected chi connectivity index (χ4v) is 4.23. The zero-order valence-corrected chi connectivity index (χ0v) is 18.3. The van der Waals surface area contributed by atoms with E-state index in [-0.39, 0.29) is 0 Å². The Kier molecular flexibility index (Phi) is 4.74. The SMILES string of the molecule is S=C(NCc1ccccc1)Nc1ccc2nc3c4ncccc4c4cccnc4c3nc2c1. The number of anilines is 1. The maximum absolute atomic E-state index is 5.47. The molecule has 0 aliphatic carbocycles. The van der Waals surface area contributed by atoms with Gasteiger partial charge in [0.05, 0.1) is 22.1 Å². The molecule has 3 heterocycles. The van der Waals surface area contributed by atoms with E-state index in [1.807, 2.05) is 60.7 Å². The number of benzene rings is 3. The van der Waals surface area contributed by atoms with Crippen LogP contribution in [-0.2, 0) is 6.54 Å². The Hall–Kier alpha value is -4.23. The van der Waals surface area contributed by atoms with Crippen LogP contribution >= 0.6 is 12.2 Å². The standard InChI is InChI=1S/C26H18N6S/c33-26(29-15-16-6-2-1-3-7-16)30-17-10-11-20-21(14-17)32-25-23-19(9-5-13-28-23)18-8-4-12-27-22(18)24(25)31-20/h1-14H,15H2,(H2,29,30,33). The normalized spacial score (nSPS) is 11.3. The second-order valence-corrected chi connectivity index (χ2v) is 8.12. The van der Waals surface area contributed by atoms with E-state index in [9.17, 15) is 0 Å². The molecule has 0 bridgehead atoms. The highest BCUT2D eigenvalue weighted by Gasteiger charge is 2.14. The summed E-state index contributed by atoms with van der Waals surface area (Å²) in [5, 5.41) is 9.07. The highest BCUT2D eigenvalue weighted by Crippen LogP contribution is 2.32. The van der Waals surface area contributed by atoms with Crippen molar-refractivity contribution < 1.29 is 0 Å². The van der Waals surface area contributed by atoms with E-state index in [0.717, 1.165) is 55.1 Å². The van der Waals surface area contributed by atoms with Gasteiger partial charge in [0, 0.05) is 35.4 Å². The third-order valence-electron chi connectivity index (χ3n) is 5.57. The van der Waals surface area contributed by atoms with E-state index >= 15 is 0 Å². The first kappa shape index (κ1) is 19.5. The van der Waals surface area contributed by atoms with Crippen molar-refractivity contribution in [1.29, 1.82) is 0 Å². The molecular weight excluding hydrogens is 428 g/mol. The molecule has 2 N–H and O–H groups in total. The zero-order chi connectivity index (χ0) is 22.2. The van der Waals surface area contributed by atoms with E-state index in [1.165, 1.54) is 0 Å². The molecule has 0 radical (unpaired) electrons. The van der Waals surface area contributed by atoms with E-state index < -0.39 is 0 Å². The van der Waals surface area contributed by atoms with E-state index in [0.29, 0.717) is 11.7 Å². The molecule has 6 aromatic rings. The van der Waals surface area contributed by atoms with Gasteiger partial charge >= 0.3 is 0 Å². The molecule has 3 aromatic heterocycles. The maximum Gasteiger partial charge on any atom is 0.171 e. The molecule has 0 saturated heterocycles. The van der Waals surface area contributed by atoms with Crippen LogP contribution in [0.25, 0.3) is 43.9 Å². The molecule has 0 unspecified atom stereocenters. The van der Waals surface area contributed by atoms with Crippen LogP contribution in [0.15, 0.2) is 85.2 Å². The predicted octanol–water partition coefficient (Wildman–Crippen LogP) is 5.37. The van der Waals surface area contributed by atoms with Gasteiger partial charge in [-0.15, -0.1) is 0 Å². The smallest absolute Gasteiger partial charge is 0.171 e. The average molecular weight is 447 g/mol. The number of hydrogen-bond donors (Lipinski definition) is 2. The molecule has 3 aromatic carbocycles. The number of thiocarbonyl (C=S) groups is 1. The molecule has 0 fully saturated rings. The summed E-state index contributed by atoms with van der Waals surface area (Å²) < 4.78 is 0. The van der Waals surface area contributed by atoms with Gasteiger partial charge in [-0.05, 0) is 48.1 Å². The van der Waals surface area contributed by atoms with Crippen LogP contribution in [0.4, 0.5) is 5.69 Å². The summed E-state index contributed by atoms with van der Waals surface area (Å²) in [6.45, 7) is 0.655. The minimum absolute atomic E-state index is 0.550. The van der Waals surface area contributed by atoms with Crippen LogP contribution in [-0.4, -0.2) is 25.0 Å². The van der Waals surface area contributed by atoms with Gasteiger partial charge in [-0.2, -0.15) is 0 Å². The first-order valence-electron chi connectivity index (χ1n) is 10.6. The van der Waals surface area contributed by atoms with E-state index in [2.05, 4.69) is 32.7 Å². The molecule has 0 saturated carbocycles. The molecule has 0 amide bonds. The lowest BCUT2D eigenvalue weighted by atomic mass is 10.1. The molecular formula is C26H18N6S. The molecule has 6 rings (SSSR count). The number of rotatable bonds is 3. The van der Waals surface area contributed by atoms with Crippen molar-refractivity contribution in [3.8, 4) is 0 Å². The Bertz CT molecular complexity index is 1670. The summed E-state index contributed by atoms with van der Waals surface area (Å²) in [7, 11) is 0. The summed E-state index contributed by atoms with van der Waals surface area (Å²) in [6.07, 6.45) is 3.57. The fourth-order valence-electron chi connectivity index (χ4n) is 4.04. The van der Waals surface area contributed by atoms with Crippen LogP contribution in [0.3, 0.4) is 0 Å². The van der Waals surface area contributed by atoms with Gasteiger partial charge in [0.15, 0.2) is 5.11 Å². The number of nitrogens with zero attached hydrogens (tertiary/aromatic N) is 4. The lowest BCUT2D eigenvalue weighted by molar-refractivity contribution is 0.926. The number of aromatic nitrogens is 4. The molecule has 33 heavy (non-hydrogen) atoms. The highest BCUT2D eigenvalue weighted by molar-refractivity contribution is 7.80. The first-order valence-corrected chi connectivity index (χ1v) is 11.0. The lowest BCUT2D eigenvalue weighted by Crippen LogP contribution is -2.27. The second kappa shape index (κ2) is 8.03. The maximum atomic E-state index is 5.47. The Morgan fingerprint density at radius 1 is 0.697 bits per heavy atom. The predicted molar refractivity (Wildman–Crippen MR) is 137 cm³/mol. The molecule has 7 heteroatoms. The third kappa shape index (κ3) is 3.58. The quantitative estimate of drug-likeness (QED) is 0.215. The van der Waals surface area contributed by atoms with Crippen molar-refractivity contribution >= 4 is 66.9 Å². The second-order valence-electron chi connectivity index (χ2n) is 7.72. The van der Waals surface area contributed by atoms with Crippen LogP contribution in [0, 0.1) is 0 Å².